The van der Waals surface area contributed by atoms with Crippen molar-refractivity contribution in [1.82, 2.24) is 10.6 Å². The van der Waals surface area contributed by atoms with E-state index < -0.39 is 0 Å². The second-order valence-corrected chi connectivity index (χ2v) is 1.96. The summed E-state index contributed by atoms with van der Waals surface area (Å²) in [5, 5.41) is 5.83. The van der Waals surface area contributed by atoms with Gasteiger partial charge in [0.15, 0.2) is 0 Å². The van der Waals surface area contributed by atoms with Gasteiger partial charge in [-0.2, -0.15) is 0 Å². The Balaban J connectivity index is 3.37. The fraction of sp³-hybridized carbons (Fsp3) is 0.500. The van der Waals surface area contributed by atoms with Crippen LogP contribution >= 0.6 is 12.2 Å². The number of hydrogen-bond acceptors (Lipinski definition) is 2. The first-order valence-electron chi connectivity index (χ1n) is 2.93. The van der Waals surface area contributed by atoms with E-state index in [1.54, 1.807) is 6.20 Å². The largest absolute Gasteiger partial charge is 0.394 e. The van der Waals surface area contributed by atoms with Crippen molar-refractivity contribution in [3.8, 4) is 0 Å². The summed E-state index contributed by atoms with van der Waals surface area (Å²) in [5.74, 6) is 0. The first kappa shape index (κ1) is 8.43. The Hall–Kier alpha value is -0.570. The predicted octanol–water partition coefficient (Wildman–Crippen LogP) is 0.656. The Labute approximate surface area is 61.3 Å². The van der Waals surface area contributed by atoms with Gasteiger partial charge in [-0.15, -0.1) is 0 Å². The van der Waals surface area contributed by atoms with E-state index in [1.807, 2.05) is 20.0 Å². The van der Waals surface area contributed by atoms with Crippen LogP contribution in [0.2, 0.25) is 0 Å². The van der Waals surface area contributed by atoms with Crippen LogP contribution in [0.4, 0.5) is 0 Å². The molecule has 0 aliphatic heterocycles. The van der Waals surface area contributed by atoms with Crippen molar-refractivity contribution in [2.24, 2.45) is 0 Å². The van der Waals surface area contributed by atoms with Crippen molar-refractivity contribution in [1.29, 1.82) is 0 Å². The minimum atomic E-state index is 0.770. The van der Waals surface area contributed by atoms with Crippen LogP contribution in [0.1, 0.15) is 6.92 Å². The van der Waals surface area contributed by atoms with Crippen LogP contribution in [0.3, 0.4) is 0 Å². The predicted molar refractivity (Wildman–Crippen MR) is 44.5 cm³/mol. The average molecular weight is 144 g/mol. The molecule has 52 valence electrons. The first-order chi connectivity index (χ1) is 4.31. The van der Waals surface area contributed by atoms with E-state index >= 15 is 0 Å². The van der Waals surface area contributed by atoms with Gasteiger partial charge in [-0.1, -0.05) is 12.2 Å². The molecule has 0 spiro atoms. The lowest BCUT2D eigenvalue weighted by molar-refractivity contribution is 0.984. The molecular formula is C6H12N2S. The standard InChI is InChI=1S/C6H12N2S/c1-3-8-6(9)4-5-7-2/h4-5,7H,3H2,1-2H3,(H,8,9). The molecule has 0 saturated carbocycles. The quantitative estimate of drug-likeness (QED) is 0.449. The lowest BCUT2D eigenvalue weighted by atomic mass is 10.5. The molecule has 0 aromatic carbocycles. The van der Waals surface area contributed by atoms with Crippen LogP contribution in [-0.2, 0) is 0 Å². The molecule has 0 fully saturated rings. The molecule has 0 radical (unpaired) electrons. The molecular weight excluding hydrogens is 132 g/mol. The smallest absolute Gasteiger partial charge is 0.100 e. The molecule has 0 atom stereocenters. The molecule has 0 rings (SSSR count). The highest BCUT2D eigenvalue weighted by molar-refractivity contribution is 7.80. The van der Waals surface area contributed by atoms with Gasteiger partial charge < -0.3 is 10.6 Å². The molecule has 3 heteroatoms. The molecule has 2 N–H and O–H groups in total. The topological polar surface area (TPSA) is 24.1 Å². The third-order valence-electron chi connectivity index (χ3n) is 0.752. The summed E-state index contributed by atoms with van der Waals surface area (Å²) in [6.07, 6.45) is 3.61. The van der Waals surface area contributed by atoms with Crippen LogP contribution in [0.15, 0.2) is 12.3 Å². The third kappa shape index (κ3) is 5.30. The maximum absolute atomic E-state index is 4.88. The van der Waals surface area contributed by atoms with E-state index in [2.05, 4.69) is 10.6 Å². The molecule has 0 unspecified atom stereocenters. The number of hydrogen-bond donors (Lipinski definition) is 2. The number of rotatable bonds is 3. The van der Waals surface area contributed by atoms with Crippen LogP contribution in [0.5, 0.6) is 0 Å². The average Bonchev–Trinajstić information content (AvgIpc) is 1.85. The number of likely N-dealkylation sites (N-methyl/N-ethyl adjacent to an activating group) is 1. The van der Waals surface area contributed by atoms with E-state index in [0.717, 1.165) is 11.5 Å². The van der Waals surface area contributed by atoms with Gasteiger partial charge in [0.1, 0.15) is 4.99 Å². The molecule has 0 aliphatic carbocycles. The molecule has 0 bridgehead atoms. The summed E-state index contributed by atoms with van der Waals surface area (Å²) < 4.78 is 0. The van der Waals surface area contributed by atoms with Crippen LogP contribution in [0.25, 0.3) is 0 Å². The fourth-order valence-corrected chi connectivity index (χ4v) is 0.605. The lowest BCUT2D eigenvalue weighted by Crippen LogP contribution is -2.18. The SMILES string of the molecule is CCNC(=S)C=CNC. The first-order valence-corrected chi connectivity index (χ1v) is 3.33. The molecule has 9 heavy (non-hydrogen) atoms. The Bertz CT molecular complexity index is 110. The zero-order chi connectivity index (χ0) is 7.11. The molecule has 0 aliphatic rings. The summed E-state index contributed by atoms with van der Waals surface area (Å²) in [6.45, 7) is 2.90. The van der Waals surface area contributed by atoms with Gasteiger partial charge in [-0.05, 0) is 19.2 Å². The minimum absolute atomic E-state index is 0.770. The van der Waals surface area contributed by atoms with Crippen molar-refractivity contribution in [3.05, 3.63) is 12.3 Å². The van der Waals surface area contributed by atoms with Gasteiger partial charge in [0.05, 0.1) is 0 Å². The highest BCUT2D eigenvalue weighted by Crippen LogP contribution is 1.72. The summed E-state index contributed by atoms with van der Waals surface area (Å²) in [6, 6.07) is 0. The van der Waals surface area contributed by atoms with Crippen LogP contribution < -0.4 is 10.6 Å². The number of thiocarbonyl (C=S) groups is 1. The molecule has 0 amide bonds. The third-order valence-corrected chi connectivity index (χ3v) is 1.03. The second kappa shape index (κ2) is 5.56. The molecule has 2 nitrogen and oxygen atoms in total. The lowest BCUT2D eigenvalue weighted by Gasteiger charge is -1.96. The van der Waals surface area contributed by atoms with Crippen molar-refractivity contribution in [2.45, 2.75) is 6.92 Å². The van der Waals surface area contributed by atoms with Gasteiger partial charge in [-0.25, -0.2) is 0 Å². The van der Waals surface area contributed by atoms with Crippen molar-refractivity contribution in [2.75, 3.05) is 13.6 Å². The Morgan fingerprint density at radius 2 is 2.33 bits per heavy atom. The zero-order valence-electron chi connectivity index (χ0n) is 5.77. The molecule has 0 heterocycles. The van der Waals surface area contributed by atoms with Crippen molar-refractivity contribution in [3.63, 3.8) is 0 Å². The molecule has 0 aromatic heterocycles. The highest BCUT2D eigenvalue weighted by atomic mass is 32.1. The Morgan fingerprint density at radius 1 is 1.67 bits per heavy atom. The maximum atomic E-state index is 4.88. The van der Waals surface area contributed by atoms with E-state index in [-0.39, 0.29) is 0 Å². The summed E-state index contributed by atoms with van der Waals surface area (Å²) in [4.78, 5) is 0.770. The maximum Gasteiger partial charge on any atom is 0.100 e. The Kier molecular flexibility index (Phi) is 5.21. The van der Waals surface area contributed by atoms with Gasteiger partial charge in [0, 0.05) is 13.6 Å². The molecule has 0 saturated heterocycles. The van der Waals surface area contributed by atoms with Gasteiger partial charge in [0.25, 0.3) is 0 Å². The minimum Gasteiger partial charge on any atom is -0.394 e. The van der Waals surface area contributed by atoms with Gasteiger partial charge >= 0.3 is 0 Å². The second-order valence-electron chi connectivity index (χ2n) is 1.52. The summed E-state index contributed by atoms with van der Waals surface area (Å²) in [7, 11) is 1.84. The van der Waals surface area contributed by atoms with E-state index in [4.69, 9.17) is 12.2 Å². The van der Waals surface area contributed by atoms with Crippen molar-refractivity contribution < 1.29 is 0 Å². The summed E-state index contributed by atoms with van der Waals surface area (Å²) >= 11 is 4.88. The monoisotopic (exact) mass is 144 g/mol. The Morgan fingerprint density at radius 3 is 2.78 bits per heavy atom. The van der Waals surface area contributed by atoms with Crippen molar-refractivity contribution >= 4 is 17.2 Å². The number of nitrogens with one attached hydrogen (secondary N) is 2. The fourth-order valence-electron chi connectivity index (χ4n) is 0.392. The molecule has 0 aromatic rings. The van der Waals surface area contributed by atoms with E-state index in [9.17, 15) is 0 Å². The normalized spacial score (nSPS) is 9.56. The van der Waals surface area contributed by atoms with Crippen LogP contribution in [0, 0.1) is 0 Å². The zero-order valence-corrected chi connectivity index (χ0v) is 6.59. The highest BCUT2D eigenvalue weighted by Gasteiger charge is 1.81. The van der Waals surface area contributed by atoms with Crippen LogP contribution in [-0.4, -0.2) is 18.6 Å². The van der Waals surface area contributed by atoms with E-state index in [0.29, 0.717) is 0 Å². The van der Waals surface area contributed by atoms with Gasteiger partial charge in [0.2, 0.25) is 0 Å². The van der Waals surface area contributed by atoms with Gasteiger partial charge in [-0.3, -0.25) is 0 Å². The van der Waals surface area contributed by atoms with E-state index in [1.165, 1.54) is 0 Å². The summed E-state index contributed by atoms with van der Waals surface area (Å²) in [5.41, 5.74) is 0.